The van der Waals surface area contributed by atoms with E-state index < -0.39 is 11.7 Å². The third-order valence-corrected chi connectivity index (χ3v) is 8.64. The Bertz CT molecular complexity index is 1670. The second-order valence-electron chi connectivity index (χ2n) is 11.7. The Morgan fingerprint density at radius 2 is 1.67 bits per heavy atom. The lowest BCUT2D eigenvalue weighted by Gasteiger charge is -2.34. The maximum atomic E-state index is 13.1. The maximum Gasteiger partial charge on any atom is 0.416 e. The number of rotatable bonds is 7. The summed E-state index contributed by atoms with van der Waals surface area (Å²) in [4.78, 5) is 22.2. The largest absolute Gasteiger partial charge is 0.488 e. The van der Waals surface area contributed by atoms with Crippen molar-refractivity contribution in [3.05, 3.63) is 101 Å². The predicted octanol–water partition coefficient (Wildman–Crippen LogP) is 6.57. The molecule has 0 radical (unpaired) electrons. The first-order chi connectivity index (χ1) is 21.7. The SMILES string of the molecule is N#Cc1ccc(CN2CCC(NC(=O)c3cnc4c(OC5CCN(c6ccc(C(F)(F)F)cc6)CC5)cccc4c3)CC2)cc1. The maximum absolute atomic E-state index is 13.1. The number of anilines is 1. The summed E-state index contributed by atoms with van der Waals surface area (Å²) in [5.74, 6) is 0.513. The number of aromatic nitrogens is 1. The smallest absolute Gasteiger partial charge is 0.416 e. The molecular formula is C35H34F3N5O2. The second-order valence-corrected chi connectivity index (χ2v) is 11.7. The molecule has 2 aliphatic rings. The fourth-order valence-electron chi connectivity index (χ4n) is 6.07. The van der Waals surface area contributed by atoms with Crippen LogP contribution in [0.3, 0.4) is 0 Å². The molecule has 3 heterocycles. The number of amides is 1. The molecule has 10 heteroatoms. The fraction of sp³-hybridized carbons (Fsp3) is 0.343. The van der Waals surface area contributed by atoms with Crippen LogP contribution < -0.4 is 15.0 Å². The van der Waals surface area contributed by atoms with E-state index in [1.54, 1.807) is 6.20 Å². The van der Waals surface area contributed by atoms with E-state index in [1.165, 1.54) is 17.7 Å². The third-order valence-electron chi connectivity index (χ3n) is 8.64. The third kappa shape index (κ3) is 7.37. The number of nitriles is 1. The highest BCUT2D eigenvalue weighted by Crippen LogP contribution is 2.32. The molecule has 3 aromatic carbocycles. The Hall–Kier alpha value is -4.62. The first kappa shape index (κ1) is 30.4. The number of nitrogens with one attached hydrogen (secondary N) is 1. The number of para-hydroxylation sites is 1. The quantitative estimate of drug-likeness (QED) is 0.254. The number of nitrogens with zero attached hydrogens (tertiary/aromatic N) is 4. The van der Waals surface area contributed by atoms with Gasteiger partial charge < -0.3 is 15.0 Å². The van der Waals surface area contributed by atoms with E-state index in [4.69, 9.17) is 10.00 Å². The van der Waals surface area contributed by atoms with Gasteiger partial charge in [0.25, 0.3) is 5.91 Å². The van der Waals surface area contributed by atoms with Crippen LogP contribution in [0.1, 0.15) is 52.7 Å². The van der Waals surface area contributed by atoms with Gasteiger partial charge in [0.1, 0.15) is 17.4 Å². The average molecular weight is 614 g/mol. The Labute approximate surface area is 260 Å². The number of halogens is 3. The van der Waals surface area contributed by atoms with Gasteiger partial charge in [-0.3, -0.25) is 14.7 Å². The number of benzene rings is 3. The Morgan fingerprint density at radius 1 is 0.956 bits per heavy atom. The van der Waals surface area contributed by atoms with Crippen molar-refractivity contribution in [2.75, 3.05) is 31.1 Å². The molecule has 0 saturated carbocycles. The number of likely N-dealkylation sites (tertiary alicyclic amines) is 1. The number of hydrogen-bond donors (Lipinski definition) is 1. The lowest BCUT2D eigenvalue weighted by atomic mass is 10.0. The van der Waals surface area contributed by atoms with E-state index in [9.17, 15) is 18.0 Å². The van der Waals surface area contributed by atoms with Gasteiger partial charge in [0.15, 0.2) is 0 Å². The Kier molecular flexibility index (Phi) is 8.90. The monoisotopic (exact) mass is 613 g/mol. The highest BCUT2D eigenvalue weighted by atomic mass is 19.4. The summed E-state index contributed by atoms with van der Waals surface area (Å²) in [6.45, 7) is 3.93. The molecule has 0 bridgehead atoms. The van der Waals surface area contributed by atoms with E-state index in [2.05, 4.69) is 26.2 Å². The molecule has 1 aromatic heterocycles. The summed E-state index contributed by atoms with van der Waals surface area (Å²) < 4.78 is 45.1. The van der Waals surface area contributed by atoms with Crippen molar-refractivity contribution >= 4 is 22.5 Å². The molecule has 1 amide bonds. The number of ether oxygens (including phenoxy) is 1. The second kappa shape index (κ2) is 13.2. The van der Waals surface area contributed by atoms with E-state index in [1.807, 2.05) is 48.5 Å². The Morgan fingerprint density at radius 3 is 2.33 bits per heavy atom. The predicted molar refractivity (Wildman–Crippen MR) is 166 cm³/mol. The first-order valence-electron chi connectivity index (χ1n) is 15.2. The van der Waals surface area contributed by atoms with Gasteiger partial charge in [-0.1, -0.05) is 24.3 Å². The molecule has 2 aliphatic heterocycles. The van der Waals surface area contributed by atoms with E-state index in [0.29, 0.717) is 35.5 Å². The van der Waals surface area contributed by atoms with Crippen LogP contribution in [-0.2, 0) is 12.7 Å². The van der Waals surface area contributed by atoms with Crippen molar-refractivity contribution in [3.8, 4) is 11.8 Å². The molecule has 0 spiro atoms. The lowest BCUT2D eigenvalue weighted by molar-refractivity contribution is -0.137. The normalized spacial score (nSPS) is 16.8. The van der Waals surface area contributed by atoms with Gasteiger partial charge in [-0.15, -0.1) is 0 Å². The first-order valence-corrected chi connectivity index (χ1v) is 15.2. The van der Waals surface area contributed by atoms with Crippen molar-refractivity contribution in [1.82, 2.24) is 15.2 Å². The van der Waals surface area contributed by atoms with Crippen molar-refractivity contribution in [3.63, 3.8) is 0 Å². The van der Waals surface area contributed by atoms with Gasteiger partial charge in [0.05, 0.1) is 22.8 Å². The molecule has 1 N–H and O–H groups in total. The minimum atomic E-state index is -4.34. The molecule has 2 fully saturated rings. The van der Waals surface area contributed by atoms with E-state index in [0.717, 1.165) is 68.5 Å². The number of hydrogen-bond acceptors (Lipinski definition) is 6. The van der Waals surface area contributed by atoms with E-state index >= 15 is 0 Å². The van der Waals surface area contributed by atoms with Crippen LogP contribution in [0.4, 0.5) is 18.9 Å². The molecule has 2 saturated heterocycles. The van der Waals surface area contributed by atoms with Crippen LogP contribution >= 0.6 is 0 Å². The lowest BCUT2D eigenvalue weighted by Crippen LogP contribution is -2.44. The average Bonchev–Trinajstić information content (AvgIpc) is 3.06. The molecular weight excluding hydrogens is 579 g/mol. The van der Waals surface area contributed by atoms with Crippen molar-refractivity contribution in [1.29, 1.82) is 5.26 Å². The number of piperidine rings is 2. The fourth-order valence-corrected chi connectivity index (χ4v) is 6.07. The van der Waals surface area contributed by atoms with Crippen LogP contribution in [0.5, 0.6) is 5.75 Å². The Balaban J connectivity index is 1.01. The number of carbonyl (C=O) groups is 1. The summed E-state index contributed by atoms with van der Waals surface area (Å²) >= 11 is 0. The molecule has 45 heavy (non-hydrogen) atoms. The number of alkyl halides is 3. The molecule has 0 atom stereocenters. The summed E-state index contributed by atoms with van der Waals surface area (Å²) in [5.41, 5.74) is 3.15. The van der Waals surface area contributed by atoms with Crippen molar-refractivity contribution < 1.29 is 22.7 Å². The summed E-state index contributed by atoms with van der Waals surface area (Å²) in [7, 11) is 0. The molecule has 4 aromatic rings. The van der Waals surface area contributed by atoms with Gasteiger partial charge in [-0.25, -0.2) is 0 Å². The summed E-state index contributed by atoms with van der Waals surface area (Å²) in [5, 5.41) is 13.0. The minimum absolute atomic E-state index is 0.0474. The molecule has 0 unspecified atom stereocenters. The van der Waals surface area contributed by atoms with E-state index in [-0.39, 0.29) is 18.1 Å². The van der Waals surface area contributed by atoms with Crippen LogP contribution in [0.15, 0.2) is 79.0 Å². The van der Waals surface area contributed by atoms with Crippen LogP contribution in [0.2, 0.25) is 0 Å². The summed E-state index contributed by atoms with van der Waals surface area (Å²) in [6, 6.07) is 22.7. The van der Waals surface area contributed by atoms with Gasteiger partial charge in [0.2, 0.25) is 0 Å². The molecule has 7 nitrogen and oxygen atoms in total. The molecule has 0 aliphatic carbocycles. The van der Waals surface area contributed by atoms with Crippen LogP contribution in [0, 0.1) is 11.3 Å². The number of fused-ring (bicyclic) bond motifs is 1. The number of carbonyl (C=O) groups excluding carboxylic acids is 1. The van der Waals surface area contributed by atoms with Gasteiger partial charge >= 0.3 is 6.18 Å². The number of pyridine rings is 1. The zero-order chi connectivity index (χ0) is 31.4. The highest BCUT2D eigenvalue weighted by Gasteiger charge is 2.30. The molecule has 6 rings (SSSR count). The van der Waals surface area contributed by atoms with Crippen molar-refractivity contribution in [2.24, 2.45) is 0 Å². The van der Waals surface area contributed by atoms with Gasteiger partial charge in [-0.2, -0.15) is 18.4 Å². The standard InChI is InChI=1S/C35H34F3N5O2/c36-35(37,38)28-8-10-30(11-9-28)43-18-14-31(15-19-43)45-32-3-1-2-26-20-27(22-40-33(26)32)34(44)41-29-12-16-42(17-13-29)23-25-6-4-24(21-39)5-7-25/h1-11,20,22,29,31H,12-19,23H2,(H,41,44). The van der Waals surface area contributed by atoms with Crippen molar-refractivity contribution in [2.45, 2.75) is 50.6 Å². The molecule has 232 valence electrons. The topological polar surface area (TPSA) is 81.5 Å². The van der Waals surface area contributed by atoms with Gasteiger partial charge in [0, 0.05) is 68.9 Å². The van der Waals surface area contributed by atoms with Crippen LogP contribution in [-0.4, -0.2) is 54.1 Å². The highest BCUT2D eigenvalue weighted by molar-refractivity contribution is 5.98. The van der Waals surface area contributed by atoms with Crippen LogP contribution in [0.25, 0.3) is 10.9 Å². The zero-order valence-corrected chi connectivity index (χ0v) is 24.8. The summed E-state index contributed by atoms with van der Waals surface area (Å²) in [6.07, 6.45) is 0.377. The zero-order valence-electron chi connectivity index (χ0n) is 24.8. The minimum Gasteiger partial charge on any atom is -0.488 e. The van der Waals surface area contributed by atoms with Gasteiger partial charge in [-0.05, 0) is 66.9 Å².